The van der Waals surface area contributed by atoms with Gasteiger partial charge in [0.05, 0.1) is 4.92 Å². The highest BCUT2D eigenvalue weighted by Crippen LogP contribution is 2.18. The van der Waals surface area contributed by atoms with E-state index in [1.54, 1.807) is 11.3 Å². The van der Waals surface area contributed by atoms with Crippen LogP contribution in [0, 0.1) is 15.9 Å². The van der Waals surface area contributed by atoms with Gasteiger partial charge in [0.25, 0.3) is 5.91 Å². The van der Waals surface area contributed by atoms with Gasteiger partial charge in [-0.3, -0.25) is 14.9 Å². The second kappa shape index (κ2) is 6.45. The molecule has 0 aliphatic rings. The number of nitrogens with zero attached hydrogens (tertiary/aromatic N) is 1. The number of amides is 1. The van der Waals surface area contributed by atoms with E-state index in [1.165, 1.54) is 6.07 Å². The zero-order valence-corrected chi connectivity index (χ0v) is 12.0. The minimum absolute atomic E-state index is 0.0651. The Morgan fingerprint density at radius 1 is 1.48 bits per heavy atom. The van der Waals surface area contributed by atoms with Gasteiger partial charge in [0.1, 0.15) is 0 Å². The van der Waals surface area contributed by atoms with Crippen molar-refractivity contribution in [2.75, 3.05) is 0 Å². The number of nitro groups is 1. The molecular formula is C14H13FN2O3S. The smallest absolute Gasteiger partial charge is 0.304 e. The van der Waals surface area contributed by atoms with Gasteiger partial charge in [-0.25, -0.2) is 0 Å². The van der Waals surface area contributed by atoms with Gasteiger partial charge in [-0.15, -0.1) is 0 Å². The topological polar surface area (TPSA) is 72.2 Å². The van der Waals surface area contributed by atoms with Crippen LogP contribution in [0.25, 0.3) is 0 Å². The summed E-state index contributed by atoms with van der Waals surface area (Å²) in [5, 5.41) is 17.2. The van der Waals surface area contributed by atoms with E-state index in [2.05, 4.69) is 5.32 Å². The quantitative estimate of drug-likeness (QED) is 0.681. The molecule has 1 aromatic carbocycles. The predicted molar refractivity (Wildman–Crippen MR) is 78.0 cm³/mol. The molecule has 0 aliphatic heterocycles. The van der Waals surface area contributed by atoms with Crippen molar-refractivity contribution in [2.45, 2.75) is 19.4 Å². The van der Waals surface area contributed by atoms with Crippen LogP contribution in [-0.4, -0.2) is 16.9 Å². The number of halogens is 1. The van der Waals surface area contributed by atoms with E-state index in [-0.39, 0.29) is 11.6 Å². The van der Waals surface area contributed by atoms with Crippen molar-refractivity contribution in [1.82, 2.24) is 5.32 Å². The van der Waals surface area contributed by atoms with Gasteiger partial charge >= 0.3 is 5.69 Å². The first-order valence-electron chi connectivity index (χ1n) is 6.23. The van der Waals surface area contributed by atoms with Crippen molar-refractivity contribution < 1.29 is 14.1 Å². The average molecular weight is 308 g/mol. The van der Waals surface area contributed by atoms with Gasteiger partial charge in [0.2, 0.25) is 5.82 Å². The Bertz CT molecular complexity index is 658. The van der Waals surface area contributed by atoms with Crippen molar-refractivity contribution in [3.8, 4) is 0 Å². The lowest BCUT2D eigenvalue weighted by Gasteiger charge is -2.13. The van der Waals surface area contributed by atoms with Crippen molar-refractivity contribution in [1.29, 1.82) is 0 Å². The molecule has 2 aromatic rings. The highest BCUT2D eigenvalue weighted by Gasteiger charge is 2.17. The molecular weight excluding hydrogens is 295 g/mol. The van der Waals surface area contributed by atoms with Crippen LogP contribution in [0.1, 0.15) is 22.8 Å². The maximum absolute atomic E-state index is 13.5. The van der Waals surface area contributed by atoms with Gasteiger partial charge in [0, 0.05) is 17.7 Å². The van der Waals surface area contributed by atoms with E-state index in [9.17, 15) is 19.3 Å². The molecule has 21 heavy (non-hydrogen) atoms. The van der Waals surface area contributed by atoms with Gasteiger partial charge in [0.15, 0.2) is 0 Å². The molecule has 0 spiro atoms. The molecule has 0 radical (unpaired) electrons. The fraction of sp³-hybridized carbons (Fsp3) is 0.214. The molecule has 1 N–H and O–H groups in total. The summed E-state index contributed by atoms with van der Waals surface area (Å²) in [4.78, 5) is 21.7. The Kier molecular flexibility index (Phi) is 4.64. The van der Waals surface area contributed by atoms with Crippen molar-refractivity contribution in [3.05, 3.63) is 62.1 Å². The van der Waals surface area contributed by atoms with E-state index in [0.717, 1.165) is 17.7 Å². The van der Waals surface area contributed by atoms with Crippen LogP contribution in [0.2, 0.25) is 0 Å². The van der Waals surface area contributed by atoms with Crippen LogP contribution in [0.3, 0.4) is 0 Å². The fourth-order valence-electron chi connectivity index (χ4n) is 1.92. The van der Waals surface area contributed by atoms with Gasteiger partial charge in [-0.1, -0.05) is 0 Å². The minimum atomic E-state index is -1.02. The summed E-state index contributed by atoms with van der Waals surface area (Å²) >= 11 is 1.58. The minimum Gasteiger partial charge on any atom is -0.349 e. The van der Waals surface area contributed by atoms with E-state index in [4.69, 9.17) is 0 Å². The first-order chi connectivity index (χ1) is 9.97. The molecule has 1 heterocycles. The highest BCUT2D eigenvalue weighted by molar-refractivity contribution is 7.07. The first-order valence-corrected chi connectivity index (χ1v) is 7.17. The third-order valence-corrected chi connectivity index (χ3v) is 3.64. The normalized spacial score (nSPS) is 11.9. The Labute approximate surface area is 124 Å². The number of nitrogens with one attached hydrogen (secondary N) is 1. The maximum atomic E-state index is 13.5. The summed E-state index contributed by atoms with van der Waals surface area (Å²) in [5.74, 6) is -1.47. The molecule has 1 amide bonds. The fourth-order valence-corrected chi connectivity index (χ4v) is 2.60. The Hall–Kier alpha value is -2.28. The largest absolute Gasteiger partial charge is 0.349 e. The van der Waals surface area contributed by atoms with Gasteiger partial charge in [-0.2, -0.15) is 15.7 Å². The Morgan fingerprint density at radius 2 is 2.24 bits per heavy atom. The van der Waals surface area contributed by atoms with Crippen LogP contribution in [0.15, 0.2) is 35.0 Å². The molecule has 5 nitrogen and oxygen atoms in total. The van der Waals surface area contributed by atoms with E-state index in [1.807, 2.05) is 23.8 Å². The summed E-state index contributed by atoms with van der Waals surface area (Å²) < 4.78 is 13.5. The monoisotopic (exact) mass is 308 g/mol. The molecule has 0 aliphatic carbocycles. The third-order valence-electron chi connectivity index (χ3n) is 2.91. The van der Waals surface area contributed by atoms with Crippen LogP contribution in [0.4, 0.5) is 10.1 Å². The molecule has 0 saturated carbocycles. The maximum Gasteiger partial charge on any atom is 0.304 e. The highest BCUT2D eigenvalue weighted by atomic mass is 32.1. The second-order valence-corrected chi connectivity index (χ2v) is 5.41. The number of benzene rings is 1. The van der Waals surface area contributed by atoms with E-state index < -0.39 is 22.3 Å². The molecule has 110 valence electrons. The van der Waals surface area contributed by atoms with E-state index >= 15 is 0 Å². The lowest BCUT2D eigenvalue weighted by molar-refractivity contribution is -0.387. The lowest BCUT2D eigenvalue weighted by Crippen LogP contribution is -2.34. The average Bonchev–Trinajstić information content (AvgIpc) is 2.90. The SMILES string of the molecule is CC(Cc1ccsc1)NC(=O)c1ccc([N+](=O)[O-])c(F)c1. The lowest BCUT2D eigenvalue weighted by atomic mass is 10.1. The van der Waals surface area contributed by atoms with Crippen LogP contribution in [-0.2, 0) is 6.42 Å². The predicted octanol–water partition coefficient (Wildman–Crippen LogP) is 3.16. The number of nitro benzene ring substituents is 1. The number of hydrogen-bond donors (Lipinski definition) is 1. The summed E-state index contributed by atoms with van der Waals surface area (Å²) in [5.41, 5.74) is 0.538. The molecule has 1 atom stereocenters. The Morgan fingerprint density at radius 3 is 2.81 bits per heavy atom. The van der Waals surface area contributed by atoms with Crippen molar-refractivity contribution in [3.63, 3.8) is 0 Å². The zero-order valence-electron chi connectivity index (χ0n) is 11.2. The number of carbonyl (C=O) groups excluding carboxylic acids is 1. The van der Waals surface area contributed by atoms with E-state index in [0.29, 0.717) is 6.42 Å². The number of rotatable bonds is 5. The zero-order chi connectivity index (χ0) is 15.4. The van der Waals surface area contributed by atoms with Crippen molar-refractivity contribution in [2.24, 2.45) is 0 Å². The summed E-state index contributed by atoms with van der Waals surface area (Å²) in [6.45, 7) is 1.84. The van der Waals surface area contributed by atoms with Crippen LogP contribution < -0.4 is 5.32 Å². The number of hydrogen-bond acceptors (Lipinski definition) is 4. The second-order valence-electron chi connectivity index (χ2n) is 4.63. The molecule has 0 saturated heterocycles. The third kappa shape index (κ3) is 3.85. The summed E-state index contributed by atoms with van der Waals surface area (Å²) in [7, 11) is 0. The number of carbonyl (C=O) groups is 1. The van der Waals surface area contributed by atoms with Crippen LogP contribution in [0.5, 0.6) is 0 Å². The molecule has 1 unspecified atom stereocenters. The van der Waals surface area contributed by atoms with Gasteiger partial charge in [-0.05, 0) is 47.9 Å². The molecule has 1 aromatic heterocycles. The first kappa shape index (κ1) is 15.1. The Balaban J connectivity index is 2.03. The number of thiophene rings is 1. The molecule has 2 rings (SSSR count). The van der Waals surface area contributed by atoms with Crippen molar-refractivity contribution >= 4 is 22.9 Å². The molecule has 7 heteroatoms. The summed E-state index contributed by atoms with van der Waals surface area (Å²) in [6, 6.07) is 4.97. The molecule has 0 bridgehead atoms. The van der Waals surface area contributed by atoms with Crippen LogP contribution >= 0.6 is 11.3 Å². The standard InChI is InChI=1S/C14H13FN2O3S/c1-9(6-10-4-5-21-8-10)16-14(18)11-2-3-13(17(19)20)12(15)7-11/h2-5,7-9H,6H2,1H3,(H,16,18). The van der Waals surface area contributed by atoms with Gasteiger partial charge < -0.3 is 5.32 Å². The summed E-state index contributed by atoms with van der Waals surface area (Å²) in [6.07, 6.45) is 0.671. The molecule has 0 fully saturated rings.